The second kappa shape index (κ2) is 8.19. The molecule has 4 heteroatoms. The first-order valence-electron chi connectivity index (χ1n) is 8.80. The SMILES string of the molecule is CC(C)CC(CC(C)C)NC1CC(NC(=O)OC(C)(C)C)C1. The van der Waals surface area contributed by atoms with Crippen LogP contribution >= 0.6 is 0 Å². The van der Waals surface area contributed by atoms with Gasteiger partial charge in [-0.15, -0.1) is 0 Å². The normalized spacial score (nSPS) is 22.1. The third-order valence-electron chi connectivity index (χ3n) is 3.84. The van der Waals surface area contributed by atoms with E-state index < -0.39 is 5.60 Å². The number of alkyl carbamates (subject to hydrolysis) is 1. The van der Waals surface area contributed by atoms with Crippen LogP contribution < -0.4 is 10.6 Å². The molecule has 0 unspecified atom stereocenters. The first-order chi connectivity index (χ1) is 10.0. The van der Waals surface area contributed by atoms with E-state index in [-0.39, 0.29) is 12.1 Å². The molecule has 1 aliphatic rings. The highest BCUT2D eigenvalue weighted by atomic mass is 16.6. The van der Waals surface area contributed by atoms with Gasteiger partial charge in [-0.2, -0.15) is 0 Å². The van der Waals surface area contributed by atoms with Gasteiger partial charge in [0.1, 0.15) is 5.60 Å². The van der Waals surface area contributed by atoms with E-state index in [9.17, 15) is 4.79 Å². The van der Waals surface area contributed by atoms with E-state index in [1.54, 1.807) is 0 Å². The molecule has 130 valence electrons. The number of carbonyl (C=O) groups is 1. The molecule has 0 aromatic heterocycles. The van der Waals surface area contributed by atoms with Gasteiger partial charge in [0.25, 0.3) is 0 Å². The summed E-state index contributed by atoms with van der Waals surface area (Å²) in [5.41, 5.74) is -0.425. The maximum absolute atomic E-state index is 11.7. The predicted octanol–water partition coefficient (Wildman–Crippen LogP) is 4.09. The summed E-state index contributed by atoms with van der Waals surface area (Å²) in [7, 11) is 0. The van der Waals surface area contributed by atoms with Crippen molar-refractivity contribution in [3.05, 3.63) is 0 Å². The summed E-state index contributed by atoms with van der Waals surface area (Å²) >= 11 is 0. The largest absolute Gasteiger partial charge is 0.444 e. The summed E-state index contributed by atoms with van der Waals surface area (Å²) < 4.78 is 5.30. The van der Waals surface area contributed by atoms with E-state index in [4.69, 9.17) is 4.74 Å². The van der Waals surface area contributed by atoms with Gasteiger partial charge in [-0.3, -0.25) is 0 Å². The van der Waals surface area contributed by atoms with Gasteiger partial charge in [0, 0.05) is 18.1 Å². The summed E-state index contributed by atoms with van der Waals surface area (Å²) in [5, 5.41) is 6.73. The topological polar surface area (TPSA) is 50.4 Å². The first-order valence-corrected chi connectivity index (χ1v) is 8.80. The van der Waals surface area contributed by atoms with Crippen LogP contribution in [0.15, 0.2) is 0 Å². The summed E-state index contributed by atoms with van der Waals surface area (Å²) in [6, 6.07) is 1.38. The molecule has 0 bridgehead atoms. The fourth-order valence-corrected chi connectivity index (χ4v) is 3.05. The minimum absolute atomic E-state index is 0.256. The molecule has 0 heterocycles. The molecule has 0 aromatic rings. The molecule has 1 rings (SSSR count). The molecule has 1 amide bonds. The number of nitrogens with one attached hydrogen (secondary N) is 2. The highest BCUT2D eigenvalue weighted by molar-refractivity contribution is 5.68. The van der Waals surface area contributed by atoms with Gasteiger partial charge in [-0.05, 0) is 58.3 Å². The molecule has 0 spiro atoms. The van der Waals surface area contributed by atoms with E-state index in [0.29, 0.717) is 23.9 Å². The Morgan fingerprint density at radius 2 is 1.55 bits per heavy atom. The molecule has 4 nitrogen and oxygen atoms in total. The average Bonchev–Trinajstić information content (AvgIpc) is 2.21. The standard InChI is InChI=1S/C18H36N2O2/c1-12(2)8-14(9-13(3)4)19-15-10-16(11-15)20-17(21)22-18(5,6)7/h12-16,19H,8-11H2,1-7H3,(H,20,21). The van der Waals surface area contributed by atoms with E-state index in [1.165, 1.54) is 12.8 Å². The predicted molar refractivity (Wildman–Crippen MR) is 92.0 cm³/mol. The van der Waals surface area contributed by atoms with Crippen LogP contribution in [0.25, 0.3) is 0 Å². The van der Waals surface area contributed by atoms with Crippen LogP contribution in [-0.2, 0) is 4.74 Å². The minimum Gasteiger partial charge on any atom is -0.444 e. The zero-order valence-electron chi connectivity index (χ0n) is 15.5. The van der Waals surface area contributed by atoms with Crippen LogP contribution in [0.2, 0.25) is 0 Å². The summed E-state index contributed by atoms with van der Waals surface area (Å²) in [5.74, 6) is 1.43. The van der Waals surface area contributed by atoms with Gasteiger partial charge in [0.05, 0.1) is 0 Å². The first kappa shape index (κ1) is 19.3. The molecule has 0 aromatic carbocycles. The Labute approximate surface area is 136 Å². The number of ether oxygens (including phenoxy) is 1. The summed E-state index contributed by atoms with van der Waals surface area (Å²) in [6.45, 7) is 14.8. The molecule has 1 aliphatic carbocycles. The van der Waals surface area contributed by atoms with Crippen molar-refractivity contribution in [2.24, 2.45) is 11.8 Å². The van der Waals surface area contributed by atoms with Crippen LogP contribution in [0.1, 0.15) is 74.1 Å². The number of hydrogen-bond acceptors (Lipinski definition) is 3. The van der Waals surface area contributed by atoms with Crippen molar-refractivity contribution in [1.82, 2.24) is 10.6 Å². The maximum Gasteiger partial charge on any atom is 0.407 e. The molecule has 0 atom stereocenters. The molecular weight excluding hydrogens is 276 g/mol. The van der Waals surface area contributed by atoms with E-state index in [2.05, 4.69) is 38.3 Å². The summed E-state index contributed by atoms with van der Waals surface area (Å²) in [6.07, 6.45) is 4.16. The smallest absolute Gasteiger partial charge is 0.407 e. The third-order valence-corrected chi connectivity index (χ3v) is 3.84. The van der Waals surface area contributed by atoms with E-state index in [1.807, 2.05) is 20.8 Å². The molecule has 0 aliphatic heterocycles. The lowest BCUT2D eigenvalue weighted by atomic mass is 9.85. The lowest BCUT2D eigenvalue weighted by Crippen LogP contribution is -2.55. The second-order valence-electron chi connectivity index (χ2n) is 8.63. The van der Waals surface area contributed by atoms with Gasteiger partial charge >= 0.3 is 6.09 Å². The Balaban J connectivity index is 2.29. The van der Waals surface area contributed by atoms with Crippen molar-refractivity contribution >= 4 is 6.09 Å². The van der Waals surface area contributed by atoms with Crippen LogP contribution in [0.4, 0.5) is 4.79 Å². The van der Waals surface area contributed by atoms with Crippen molar-refractivity contribution < 1.29 is 9.53 Å². The maximum atomic E-state index is 11.7. The highest BCUT2D eigenvalue weighted by Gasteiger charge is 2.33. The van der Waals surface area contributed by atoms with Gasteiger partial charge in [0.2, 0.25) is 0 Å². The van der Waals surface area contributed by atoms with Crippen LogP contribution in [0.5, 0.6) is 0 Å². The third kappa shape index (κ3) is 8.02. The van der Waals surface area contributed by atoms with Gasteiger partial charge in [-0.25, -0.2) is 4.79 Å². The minimum atomic E-state index is -0.425. The van der Waals surface area contributed by atoms with Crippen molar-refractivity contribution in [3.8, 4) is 0 Å². The molecule has 1 saturated carbocycles. The number of carbonyl (C=O) groups excluding carboxylic acids is 1. The zero-order chi connectivity index (χ0) is 16.9. The Hall–Kier alpha value is -0.770. The van der Waals surface area contributed by atoms with Crippen molar-refractivity contribution in [1.29, 1.82) is 0 Å². The Bertz CT molecular complexity index is 331. The number of amides is 1. The number of hydrogen-bond donors (Lipinski definition) is 2. The molecule has 0 radical (unpaired) electrons. The lowest BCUT2D eigenvalue weighted by Gasteiger charge is -2.39. The monoisotopic (exact) mass is 312 g/mol. The van der Waals surface area contributed by atoms with Gasteiger partial charge in [-0.1, -0.05) is 27.7 Å². The fraction of sp³-hybridized carbons (Fsp3) is 0.944. The van der Waals surface area contributed by atoms with Crippen molar-refractivity contribution in [2.75, 3.05) is 0 Å². The van der Waals surface area contributed by atoms with E-state index in [0.717, 1.165) is 12.8 Å². The molecule has 22 heavy (non-hydrogen) atoms. The molecular formula is C18H36N2O2. The Kier molecular flexibility index (Phi) is 7.17. The molecule has 0 saturated heterocycles. The van der Waals surface area contributed by atoms with Crippen molar-refractivity contribution in [2.45, 2.75) is 97.9 Å². The van der Waals surface area contributed by atoms with Crippen LogP contribution in [0.3, 0.4) is 0 Å². The second-order valence-corrected chi connectivity index (χ2v) is 8.63. The number of rotatable bonds is 7. The fourth-order valence-electron chi connectivity index (χ4n) is 3.05. The van der Waals surface area contributed by atoms with E-state index >= 15 is 0 Å². The zero-order valence-corrected chi connectivity index (χ0v) is 15.5. The Morgan fingerprint density at radius 1 is 1.05 bits per heavy atom. The lowest BCUT2D eigenvalue weighted by molar-refractivity contribution is 0.0461. The van der Waals surface area contributed by atoms with Crippen LogP contribution in [0, 0.1) is 11.8 Å². The summed E-state index contributed by atoms with van der Waals surface area (Å²) in [4.78, 5) is 11.7. The molecule has 2 N–H and O–H groups in total. The van der Waals surface area contributed by atoms with Crippen LogP contribution in [-0.4, -0.2) is 29.8 Å². The molecule has 1 fully saturated rings. The average molecular weight is 312 g/mol. The Morgan fingerprint density at radius 3 is 1.95 bits per heavy atom. The van der Waals surface area contributed by atoms with Gasteiger partial charge in [0.15, 0.2) is 0 Å². The van der Waals surface area contributed by atoms with Gasteiger partial charge < -0.3 is 15.4 Å². The van der Waals surface area contributed by atoms with Crippen molar-refractivity contribution in [3.63, 3.8) is 0 Å². The highest BCUT2D eigenvalue weighted by Crippen LogP contribution is 2.24. The quantitative estimate of drug-likeness (QED) is 0.744.